The van der Waals surface area contributed by atoms with E-state index in [1.54, 1.807) is 6.92 Å². The monoisotopic (exact) mass is 473 g/mol. The van der Waals surface area contributed by atoms with E-state index >= 15 is 0 Å². The van der Waals surface area contributed by atoms with E-state index in [0.29, 0.717) is 12.3 Å². The summed E-state index contributed by atoms with van der Waals surface area (Å²) in [4.78, 5) is 12.4. The van der Waals surface area contributed by atoms with Gasteiger partial charge in [0.1, 0.15) is 6.10 Å². The van der Waals surface area contributed by atoms with Gasteiger partial charge < -0.3 is 4.74 Å². The molecule has 2 aromatic carbocycles. The summed E-state index contributed by atoms with van der Waals surface area (Å²) < 4.78 is 5.69. The Hall–Kier alpha value is -2.60. The van der Waals surface area contributed by atoms with Crippen LogP contribution in [-0.4, -0.2) is 12.1 Å². The molecule has 0 aromatic heterocycles. The standard InChI is InChI=1S/C32H43NO2/c1-4-6-7-8-9-10-11-25-12-14-26(15-13-25)27-16-18-28(19-17-27)29-20-22-30(23-21-29)35-31(34)32(3,5-2)24-33/h12-19,29-30H,4-11,20-23H2,1-3H3. The summed E-state index contributed by atoms with van der Waals surface area (Å²) in [5, 5.41) is 9.31. The van der Waals surface area contributed by atoms with Crippen molar-refractivity contribution in [1.82, 2.24) is 0 Å². The van der Waals surface area contributed by atoms with Crippen LogP contribution in [0.15, 0.2) is 48.5 Å². The Morgan fingerprint density at radius 2 is 1.46 bits per heavy atom. The van der Waals surface area contributed by atoms with Crippen LogP contribution in [0, 0.1) is 16.7 Å². The van der Waals surface area contributed by atoms with Gasteiger partial charge in [0, 0.05) is 0 Å². The molecule has 0 aliphatic heterocycles. The number of nitrogens with zero attached hydrogens (tertiary/aromatic N) is 1. The molecule has 3 heteroatoms. The van der Waals surface area contributed by atoms with Gasteiger partial charge in [-0.25, -0.2) is 0 Å². The van der Waals surface area contributed by atoms with Crippen molar-refractivity contribution < 1.29 is 9.53 Å². The Morgan fingerprint density at radius 1 is 0.886 bits per heavy atom. The lowest BCUT2D eigenvalue weighted by molar-refractivity contribution is -0.159. The molecule has 0 radical (unpaired) electrons. The zero-order valence-electron chi connectivity index (χ0n) is 22.0. The number of aryl methyl sites for hydroxylation is 1. The number of nitriles is 1. The molecule has 0 heterocycles. The van der Waals surface area contributed by atoms with Crippen LogP contribution >= 0.6 is 0 Å². The molecule has 3 rings (SSSR count). The number of rotatable bonds is 12. The Morgan fingerprint density at radius 3 is 2.03 bits per heavy atom. The Labute approximate surface area is 212 Å². The fraction of sp³-hybridized carbons (Fsp3) is 0.562. The van der Waals surface area contributed by atoms with Gasteiger partial charge in [-0.2, -0.15) is 5.26 Å². The second-order valence-corrected chi connectivity index (χ2v) is 10.5. The van der Waals surface area contributed by atoms with Crippen molar-refractivity contribution in [2.75, 3.05) is 0 Å². The van der Waals surface area contributed by atoms with E-state index in [1.807, 2.05) is 6.92 Å². The van der Waals surface area contributed by atoms with Gasteiger partial charge in [0.2, 0.25) is 0 Å². The van der Waals surface area contributed by atoms with E-state index in [1.165, 1.54) is 67.2 Å². The number of carbonyl (C=O) groups excluding carboxylic acids is 1. The third-order valence-corrected chi connectivity index (χ3v) is 7.84. The molecule has 2 aromatic rings. The molecule has 1 atom stereocenters. The maximum Gasteiger partial charge on any atom is 0.326 e. The molecular formula is C32H43NO2. The van der Waals surface area contributed by atoms with Gasteiger partial charge in [0.25, 0.3) is 0 Å². The van der Waals surface area contributed by atoms with E-state index in [-0.39, 0.29) is 12.1 Å². The maximum absolute atomic E-state index is 12.4. The summed E-state index contributed by atoms with van der Waals surface area (Å²) in [5.74, 6) is 0.139. The van der Waals surface area contributed by atoms with Crippen molar-refractivity contribution in [1.29, 1.82) is 5.26 Å². The van der Waals surface area contributed by atoms with Crippen molar-refractivity contribution in [3.05, 3.63) is 59.7 Å². The van der Waals surface area contributed by atoms with Crippen molar-refractivity contribution >= 4 is 5.97 Å². The quantitative estimate of drug-likeness (QED) is 0.229. The van der Waals surface area contributed by atoms with Gasteiger partial charge in [-0.3, -0.25) is 4.79 Å². The van der Waals surface area contributed by atoms with E-state index in [2.05, 4.69) is 61.5 Å². The molecule has 1 unspecified atom stereocenters. The molecule has 0 spiro atoms. The van der Waals surface area contributed by atoms with Crippen molar-refractivity contribution in [3.63, 3.8) is 0 Å². The van der Waals surface area contributed by atoms with Crippen molar-refractivity contribution in [3.8, 4) is 17.2 Å². The van der Waals surface area contributed by atoms with Gasteiger partial charge in [0.15, 0.2) is 5.41 Å². The largest absolute Gasteiger partial charge is 0.461 e. The fourth-order valence-corrected chi connectivity index (χ4v) is 4.99. The predicted molar refractivity (Wildman–Crippen MR) is 144 cm³/mol. The van der Waals surface area contributed by atoms with Gasteiger partial charge >= 0.3 is 5.97 Å². The average Bonchev–Trinajstić information content (AvgIpc) is 2.91. The number of hydrogen-bond acceptors (Lipinski definition) is 3. The molecule has 35 heavy (non-hydrogen) atoms. The van der Waals surface area contributed by atoms with E-state index < -0.39 is 5.41 Å². The Bertz CT molecular complexity index is 949. The van der Waals surface area contributed by atoms with Crippen LogP contribution in [0.2, 0.25) is 0 Å². The van der Waals surface area contributed by atoms with Gasteiger partial charge in [-0.05, 0) is 80.0 Å². The minimum absolute atomic E-state index is 0.0629. The minimum atomic E-state index is -1.03. The third-order valence-electron chi connectivity index (χ3n) is 7.84. The van der Waals surface area contributed by atoms with E-state index in [9.17, 15) is 10.1 Å². The summed E-state index contributed by atoms with van der Waals surface area (Å²) in [7, 11) is 0. The molecule has 1 aliphatic rings. The molecule has 0 amide bonds. The first kappa shape index (κ1) is 27.0. The second kappa shape index (κ2) is 13.5. The Balaban J connectivity index is 1.46. The number of hydrogen-bond donors (Lipinski definition) is 0. The normalized spacial score (nSPS) is 19.5. The zero-order valence-corrected chi connectivity index (χ0v) is 22.0. The smallest absolute Gasteiger partial charge is 0.326 e. The summed E-state index contributed by atoms with van der Waals surface area (Å²) in [5.41, 5.74) is 4.31. The molecule has 1 saturated carbocycles. The predicted octanol–water partition coefficient (Wildman–Crippen LogP) is 8.77. The van der Waals surface area contributed by atoms with E-state index in [4.69, 9.17) is 4.74 Å². The minimum Gasteiger partial charge on any atom is -0.461 e. The summed E-state index contributed by atoms with van der Waals surface area (Å²) in [6.07, 6.45) is 13.4. The number of benzene rings is 2. The van der Waals surface area contributed by atoms with Gasteiger partial charge in [0.05, 0.1) is 6.07 Å². The van der Waals surface area contributed by atoms with Crippen molar-refractivity contribution in [2.45, 2.75) is 110 Å². The summed E-state index contributed by atoms with van der Waals surface area (Å²) in [6, 6.07) is 20.2. The number of esters is 1. The SMILES string of the molecule is CCCCCCCCc1ccc(-c2ccc(C3CCC(OC(=O)C(C)(C#N)CC)CC3)cc2)cc1. The highest BCUT2D eigenvalue weighted by Gasteiger charge is 2.35. The first-order chi connectivity index (χ1) is 17.0. The number of ether oxygens (including phenoxy) is 1. The van der Waals surface area contributed by atoms with Crippen LogP contribution in [0.5, 0.6) is 0 Å². The van der Waals surface area contributed by atoms with Crippen LogP contribution < -0.4 is 0 Å². The topological polar surface area (TPSA) is 50.1 Å². The lowest BCUT2D eigenvalue weighted by Gasteiger charge is -2.30. The lowest BCUT2D eigenvalue weighted by atomic mass is 9.82. The highest BCUT2D eigenvalue weighted by Crippen LogP contribution is 2.36. The molecule has 0 saturated heterocycles. The molecule has 0 bridgehead atoms. The lowest BCUT2D eigenvalue weighted by Crippen LogP contribution is -2.33. The molecule has 3 nitrogen and oxygen atoms in total. The molecule has 0 N–H and O–H groups in total. The van der Waals surface area contributed by atoms with Crippen LogP contribution in [-0.2, 0) is 16.0 Å². The van der Waals surface area contributed by atoms with Crippen LogP contribution in [0.1, 0.15) is 108 Å². The van der Waals surface area contributed by atoms with Crippen LogP contribution in [0.3, 0.4) is 0 Å². The highest BCUT2D eigenvalue weighted by molar-refractivity contribution is 5.79. The zero-order chi connectivity index (χ0) is 25.1. The molecular weight excluding hydrogens is 430 g/mol. The van der Waals surface area contributed by atoms with Crippen molar-refractivity contribution in [2.24, 2.45) is 5.41 Å². The first-order valence-electron chi connectivity index (χ1n) is 13.8. The van der Waals surface area contributed by atoms with Crippen LogP contribution in [0.4, 0.5) is 0 Å². The molecule has 1 fully saturated rings. The fourth-order valence-electron chi connectivity index (χ4n) is 4.99. The number of unbranched alkanes of at least 4 members (excludes halogenated alkanes) is 5. The van der Waals surface area contributed by atoms with Crippen LogP contribution in [0.25, 0.3) is 11.1 Å². The first-order valence-corrected chi connectivity index (χ1v) is 13.8. The molecule has 188 valence electrons. The van der Waals surface area contributed by atoms with Gasteiger partial charge in [-0.1, -0.05) is 94.5 Å². The van der Waals surface area contributed by atoms with Gasteiger partial charge in [-0.15, -0.1) is 0 Å². The average molecular weight is 474 g/mol. The number of carbonyl (C=O) groups is 1. The second-order valence-electron chi connectivity index (χ2n) is 10.5. The summed E-state index contributed by atoms with van der Waals surface area (Å²) >= 11 is 0. The molecule has 1 aliphatic carbocycles. The highest BCUT2D eigenvalue weighted by atomic mass is 16.5. The van der Waals surface area contributed by atoms with E-state index in [0.717, 1.165) is 25.7 Å². The third kappa shape index (κ3) is 7.69. The summed E-state index contributed by atoms with van der Waals surface area (Å²) in [6.45, 7) is 5.80. The maximum atomic E-state index is 12.4. The Kier molecular flexibility index (Phi) is 10.4.